The Kier molecular flexibility index (Phi) is 6.28. The Bertz CT molecular complexity index is 2470. The highest BCUT2D eigenvalue weighted by Gasteiger charge is 2.22. The van der Waals surface area contributed by atoms with Crippen LogP contribution in [-0.2, 0) is 0 Å². The molecule has 0 amide bonds. The zero-order valence-corrected chi connectivity index (χ0v) is 25.8. The zero-order chi connectivity index (χ0) is 30.6. The summed E-state index contributed by atoms with van der Waals surface area (Å²) in [6, 6.07) is 40.9. The smallest absolute Gasteiger partial charge is 0.0585 e. The molecule has 0 bridgehead atoms. The predicted octanol–water partition coefficient (Wildman–Crippen LogP) is 11.8. The third-order valence-corrected chi connectivity index (χ3v) is 9.81. The van der Waals surface area contributed by atoms with Crippen LogP contribution in [0.15, 0.2) is 164 Å². The van der Waals surface area contributed by atoms with Crippen molar-refractivity contribution in [2.75, 3.05) is 0 Å². The molecule has 0 saturated carbocycles. The van der Waals surface area contributed by atoms with Crippen LogP contribution in [0, 0.1) is 5.92 Å². The molecule has 2 aromatic heterocycles. The van der Waals surface area contributed by atoms with Gasteiger partial charge in [0.1, 0.15) is 0 Å². The van der Waals surface area contributed by atoms with Gasteiger partial charge in [-0.15, -0.1) is 0 Å². The first-order valence-corrected chi connectivity index (χ1v) is 16.3. The number of fused-ring (bicyclic) bond motifs is 6. The Morgan fingerprint density at radius 3 is 2.17 bits per heavy atom. The molecule has 9 rings (SSSR count). The Morgan fingerprint density at radius 1 is 0.543 bits per heavy atom. The molecule has 2 aliphatic carbocycles. The second-order valence-corrected chi connectivity index (χ2v) is 12.6. The number of para-hydroxylation sites is 2. The van der Waals surface area contributed by atoms with Crippen LogP contribution in [0.1, 0.15) is 24.9 Å². The van der Waals surface area contributed by atoms with E-state index >= 15 is 0 Å². The van der Waals surface area contributed by atoms with Crippen molar-refractivity contribution in [3.63, 3.8) is 0 Å². The van der Waals surface area contributed by atoms with Gasteiger partial charge in [-0.05, 0) is 77.1 Å². The maximum absolute atomic E-state index is 2.53. The molecule has 7 aromatic rings. The van der Waals surface area contributed by atoms with E-state index in [0.717, 1.165) is 6.42 Å². The van der Waals surface area contributed by atoms with E-state index in [4.69, 9.17) is 0 Å². The topological polar surface area (TPSA) is 9.86 Å². The number of aromatic nitrogens is 2. The first-order chi connectivity index (χ1) is 22.7. The summed E-state index contributed by atoms with van der Waals surface area (Å²) < 4.78 is 4.96. The molecule has 2 heteroatoms. The molecule has 0 fully saturated rings. The van der Waals surface area contributed by atoms with E-state index < -0.39 is 0 Å². The largest absolute Gasteiger partial charge is 0.333 e. The van der Waals surface area contributed by atoms with Gasteiger partial charge in [0.15, 0.2) is 0 Å². The van der Waals surface area contributed by atoms with Crippen LogP contribution in [0.2, 0.25) is 0 Å². The van der Waals surface area contributed by atoms with Gasteiger partial charge in [0.2, 0.25) is 0 Å². The maximum Gasteiger partial charge on any atom is 0.0585 e. The summed E-state index contributed by atoms with van der Waals surface area (Å²) in [6.07, 6.45) is 21.0. The molecule has 0 aliphatic heterocycles. The lowest BCUT2D eigenvalue weighted by Gasteiger charge is -2.24. The monoisotopic (exact) mass is 590 g/mol. The number of hydrogen-bond donors (Lipinski definition) is 0. The second-order valence-electron chi connectivity index (χ2n) is 12.6. The van der Waals surface area contributed by atoms with Gasteiger partial charge >= 0.3 is 0 Å². The van der Waals surface area contributed by atoms with Crippen molar-refractivity contribution in [1.82, 2.24) is 9.13 Å². The highest BCUT2D eigenvalue weighted by molar-refractivity contribution is 6.12. The van der Waals surface area contributed by atoms with E-state index in [1.165, 1.54) is 71.6 Å². The van der Waals surface area contributed by atoms with Gasteiger partial charge in [0.25, 0.3) is 0 Å². The summed E-state index contributed by atoms with van der Waals surface area (Å²) >= 11 is 0. The van der Waals surface area contributed by atoms with Crippen LogP contribution in [0.5, 0.6) is 0 Å². The highest BCUT2D eigenvalue weighted by atomic mass is 15.0. The summed E-state index contributed by atoms with van der Waals surface area (Å²) in [6.45, 7) is 2.31. The minimum absolute atomic E-state index is 0.293. The van der Waals surface area contributed by atoms with E-state index in [-0.39, 0.29) is 0 Å². The van der Waals surface area contributed by atoms with E-state index in [0.29, 0.717) is 12.0 Å². The minimum Gasteiger partial charge on any atom is -0.333 e. The van der Waals surface area contributed by atoms with Gasteiger partial charge in [-0.2, -0.15) is 0 Å². The molecule has 2 unspecified atom stereocenters. The normalized spacial score (nSPS) is 17.8. The summed E-state index contributed by atoms with van der Waals surface area (Å²) in [7, 11) is 0. The fourth-order valence-electron chi connectivity index (χ4n) is 7.56. The molecule has 2 aliphatic rings. The quantitative estimate of drug-likeness (QED) is 0.193. The molecule has 2 heterocycles. The lowest BCUT2D eigenvalue weighted by Crippen LogP contribution is -2.15. The number of rotatable bonds is 4. The lowest BCUT2D eigenvalue weighted by molar-refractivity contribution is 0.510. The van der Waals surface area contributed by atoms with Crippen molar-refractivity contribution < 1.29 is 0 Å². The van der Waals surface area contributed by atoms with Gasteiger partial charge in [-0.1, -0.05) is 128 Å². The molecule has 2 nitrogen and oxygen atoms in total. The van der Waals surface area contributed by atoms with E-state index in [9.17, 15) is 0 Å². The average Bonchev–Trinajstić information content (AvgIpc) is 3.45. The summed E-state index contributed by atoms with van der Waals surface area (Å²) in [5, 5.41) is 5.15. The van der Waals surface area contributed by atoms with E-state index in [1.54, 1.807) is 0 Å². The average molecular weight is 591 g/mol. The first-order valence-electron chi connectivity index (χ1n) is 16.3. The zero-order valence-electron chi connectivity index (χ0n) is 25.8. The van der Waals surface area contributed by atoms with Crippen molar-refractivity contribution in [3.05, 3.63) is 169 Å². The van der Waals surface area contributed by atoms with Gasteiger partial charge < -0.3 is 9.13 Å². The third-order valence-electron chi connectivity index (χ3n) is 9.81. The van der Waals surface area contributed by atoms with Crippen molar-refractivity contribution in [2.24, 2.45) is 5.92 Å². The molecule has 0 radical (unpaired) electrons. The van der Waals surface area contributed by atoms with Crippen LogP contribution in [0.3, 0.4) is 0 Å². The summed E-state index contributed by atoms with van der Waals surface area (Å²) in [5.74, 6) is 0.429. The summed E-state index contributed by atoms with van der Waals surface area (Å²) in [5.41, 5.74) is 11.1. The molecule has 220 valence electrons. The molecule has 0 N–H and O–H groups in total. The number of hydrogen-bond acceptors (Lipinski definition) is 0. The van der Waals surface area contributed by atoms with Crippen molar-refractivity contribution in [3.8, 4) is 16.8 Å². The second kappa shape index (κ2) is 10.8. The van der Waals surface area contributed by atoms with Crippen LogP contribution in [0.25, 0.3) is 66.0 Å². The number of allylic oxidation sites excluding steroid dienone is 10. The van der Waals surface area contributed by atoms with Gasteiger partial charge in [-0.25, -0.2) is 0 Å². The molecule has 46 heavy (non-hydrogen) atoms. The van der Waals surface area contributed by atoms with Gasteiger partial charge in [0, 0.05) is 38.3 Å². The maximum atomic E-state index is 2.53. The van der Waals surface area contributed by atoms with Crippen molar-refractivity contribution in [1.29, 1.82) is 0 Å². The fraction of sp³-hybridized carbons (Fsp3) is 0.0909. The predicted molar refractivity (Wildman–Crippen MR) is 197 cm³/mol. The Labute approximate surface area is 269 Å². The molecule has 0 spiro atoms. The molecular weight excluding hydrogens is 556 g/mol. The molecule has 5 aromatic carbocycles. The fourth-order valence-corrected chi connectivity index (χ4v) is 7.56. The number of nitrogens with zero attached hydrogens (tertiary/aromatic N) is 2. The van der Waals surface area contributed by atoms with Gasteiger partial charge in [0.05, 0.1) is 17.1 Å². The Hall–Kier alpha value is -5.60. The third kappa shape index (κ3) is 4.25. The van der Waals surface area contributed by atoms with Crippen LogP contribution in [0.4, 0.5) is 0 Å². The molecular formula is C44H34N2. The SMILES string of the molecule is CC1C=CC=CC1n1c2ccccc2c2cc(-c3ccc4c5ccccc5n(-c5cccc(C6=CC=CCC=C6)c5)c4c3)ccc21. The lowest BCUT2D eigenvalue weighted by atomic mass is 9.96. The van der Waals surface area contributed by atoms with Crippen LogP contribution < -0.4 is 0 Å². The highest BCUT2D eigenvalue weighted by Crippen LogP contribution is 2.40. The first kappa shape index (κ1) is 26.8. The minimum atomic E-state index is 0.293. The van der Waals surface area contributed by atoms with Crippen molar-refractivity contribution >= 4 is 49.2 Å². The summed E-state index contributed by atoms with van der Waals surface area (Å²) in [4.78, 5) is 0. The van der Waals surface area contributed by atoms with Crippen LogP contribution >= 0.6 is 0 Å². The standard InChI is InChI=1S/C44H34N2/c1-30-13-6-9-20-40(30)46-42-22-11-8-19-37(42)39-28-33(24-26-43(39)46)34-23-25-38-36-18-7-10-21-41(36)45(44(38)29-34)35-17-12-16-32(27-35)31-14-4-2-3-5-15-31/h2,4-30,40H,3H2,1H3. The Balaban J connectivity index is 1.23. The molecule has 0 saturated heterocycles. The van der Waals surface area contributed by atoms with Crippen molar-refractivity contribution in [2.45, 2.75) is 19.4 Å². The number of benzene rings is 5. The van der Waals surface area contributed by atoms with Gasteiger partial charge in [-0.3, -0.25) is 0 Å². The van der Waals surface area contributed by atoms with E-state index in [2.05, 4.69) is 180 Å². The van der Waals surface area contributed by atoms with Crippen LogP contribution in [-0.4, -0.2) is 9.13 Å². The van der Waals surface area contributed by atoms with E-state index in [1.807, 2.05) is 0 Å². The Morgan fingerprint density at radius 2 is 1.28 bits per heavy atom. The molecule has 2 atom stereocenters.